The maximum atomic E-state index is 12.5. The van der Waals surface area contributed by atoms with Crippen LogP contribution in [-0.2, 0) is 17.6 Å². The maximum Gasteiger partial charge on any atom is 0.341 e. The van der Waals surface area contributed by atoms with Crippen molar-refractivity contribution in [3.8, 4) is 0 Å². The smallest absolute Gasteiger partial charge is 0.341 e. The Hall–Kier alpha value is -2.05. The normalized spacial score (nSPS) is 15.9. The molecule has 26 heavy (non-hydrogen) atoms. The number of carbonyl (C=O) groups excluding carboxylic acids is 2. The lowest BCUT2D eigenvalue weighted by Gasteiger charge is -2.18. The minimum absolute atomic E-state index is 0.300. The van der Waals surface area contributed by atoms with Crippen LogP contribution in [0.2, 0.25) is 5.02 Å². The van der Waals surface area contributed by atoms with Crippen LogP contribution in [-0.4, -0.2) is 18.6 Å². The third kappa shape index (κ3) is 4.19. The van der Waals surface area contributed by atoms with E-state index in [9.17, 15) is 9.59 Å². The Labute approximate surface area is 161 Å². The number of urea groups is 1. The van der Waals surface area contributed by atoms with Crippen molar-refractivity contribution in [2.45, 2.75) is 33.1 Å². The highest BCUT2D eigenvalue weighted by Crippen LogP contribution is 2.40. The van der Waals surface area contributed by atoms with Gasteiger partial charge in [0.1, 0.15) is 5.00 Å². The van der Waals surface area contributed by atoms with Gasteiger partial charge in [0.2, 0.25) is 0 Å². The first kappa shape index (κ1) is 18.7. The van der Waals surface area contributed by atoms with Gasteiger partial charge in [-0.3, -0.25) is 5.32 Å². The summed E-state index contributed by atoms with van der Waals surface area (Å²) in [6.07, 6.45) is 2.78. The molecule has 0 radical (unpaired) electrons. The number of halogens is 1. The lowest BCUT2D eigenvalue weighted by Crippen LogP contribution is -2.21. The zero-order valence-electron chi connectivity index (χ0n) is 14.7. The van der Waals surface area contributed by atoms with Gasteiger partial charge in [-0.2, -0.15) is 0 Å². The van der Waals surface area contributed by atoms with Crippen molar-refractivity contribution in [1.82, 2.24) is 0 Å². The Morgan fingerprint density at radius 2 is 2.15 bits per heavy atom. The average molecular weight is 393 g/mol. The molecule has 0 spiro atoms. The van der Waals surface area contributed by atoms with E-state index in [0.717, 1.165) is 29.7 Å². The van der Waals surface area contributed by atoms with Crippen molar-refractivity contribution in [3.63, 3.8) is 0 Å². The van der Waals surface area contributed by atoms with Crippen LogP contribution in [0.1, 0.15) is 41.1 Å². The molecule has 0 bridgehead atoms. The number of fused-ring (bicyclic) bond motifs is 1. The molecule has 1 aromatic heterocycles. The van der Waals surface area contributed by atoms with Crippen molar-refractivity contribution in [1.29, 1.82) is 0 Å². The fourth-order valence-electron chi connectivity index (χ4n) is 3.09. The van der Waals surface area contributed by atoms with Crippen LogP contribution < -0.4 is 10.6 Å². The van der Waals surface area contributed by atoms with Gasteiger partial charge >= 0.3 is 12.0 Å². The summed E-state index contributed by atoms with van der Waals surface area (Å²) in [4.78, 5) is 26.0. The van der Waals surface area contributed by atoms with Gasteiger partial charge < -0.3 is 10.1 Å². The van der Waals surface area contributed by atoms with Gasteiger partial charge in [-0.05, 0) is 55.9 Å². The van der Waals surface area contributed by atoms with E-state index in [-0.39, 0.29) is 5.97 Å². The van der Waals surface area contributed by atoms with Crippen LogP contribution in [0, 0.1) is 5.92 Å². The molecule has 138 valence electrons. The van der Waals surface area contributed by atoms with E-state index in [0.29, 0.717) is 33.8 Å². The number of benzene rings is 1. The number of amides is 2. The molecule has 0 saturated carbocycles. The fourth-order valence-corrected chi connectivity index (χ4v) is 4.67. The van der Waals surface area contributed by atoms with Gasteiger partial charge in [-0.15, -0.1) is 11.3 Å². The SMILES string of the molecule is CCOC(=O)c1c(NC(=O)Nc2cccc(Cl)c2)sc2c1CC[C@H](C)C2. The standard InChI is InChI=1S/C19H21ClN2O3S/c1-3-25-18(23)16-14-8-7-11(2)9-15(14)26-17(16)22-19(24)21-13-6-4-5-12(20)10-13/h4-6,10-11H,3,7-9H2,1-2H3,(H2,21,22,24)/t11-/m0/s1. The highest BCUT2D eigenvalue weighted by atomic mass is 35.5. The number of nitrogens with one attached hydrogen (secondary N) is 2. The van der Waals surface area contributed by atoms with Gasteiger partial charge in [0.15, 0.2) is 0 Å². The van der Waals surface area contributed by atoms with Gasteiger partial charge in [0, 0.05) is 15.6 Å². The summed E-state index contributed by atoms with van der Waals surface area (Å²) in [6, 6.07) is 6.49. The summed E-state index contributed by atoms with van der Waals surface area (Å²) in [5.41, 5.74) is 2.10. The second-order valence-electron chi connectivity index (χ2n) is 6.37. The lowest BCUT2D eigenvalue weighted by molar-refractivity contribution is 0.0526. The molecule has 7 heteroatoms. The maximum absolute atomic E-state index is 12.5. The number of hydrogen-bond donors (Lipinski definition) is 2. The van der Waals surface area contributed by atoms with Crippen LogP contribution in [0.3, 0.4) is 0 Å². The molecule has 2 amide bonds. The number of esters is 1. The van der Waals surface area contributed by atoms with Crippen LogP contribution in [0.4, 0.5) is 15.5 Å². The van der Waals surface area contributed by atoms with Gasteiger partial charge in [-0.25, -0.2) is 9.59 Å². The van der Waals surface area contributed by atoms with Gasteiger partial charge in [-0.1, -0.05) is 24.6 Å². The Morgan fingerprint density at radius 3 is 2.88 bits per heavy atom. The average Bonchev–Trinajstić information content (AvgIpc) is 2.91. The van der Waals surface area contributed by atoms with E-state index in [1.807, 2.05) is 0 Å². The number of hydrogen-bond acceptors (Lipinski definition) is 4. The summed E-state index contributed by atoms with van der Waals surface area (Å²) < 4.78 is 5.21. The summed E-state index contributed by atoms with van der Waals surface area (Å²) in [7, 11) is 0. The van der Waals surface area contributed by atoms with Crippen molar-refractivity contribution < 1.29 is 14.3 Å². The summed E-state index contributed by atoms with van der Waals surface area (Å²) in [6.45, 7) is 4.28. The number of rotatable bonds is 4. The Balaban J connectivity index is 1.84. The summed E-state index contributed by atoms with van der Waals surface area (Å²) in [5.74, 6) is 0.196. The highest BCUT2D eigenvalue weighted by molar-refractivity contribution is 7.17. The Kier molecular flexibility index (Phi) is 5.84. The molecular formula is C19H21ClN2O3S. The predicted molar refractivity (Wildman–Crippen MR) is 106 cm³/mol. The molecule has 1 aliphatic carbocycles. The van der Waals surface area contributed by atoms with Crippen LogP contribution in [0.5, 0.6) is 0 Å². The molecule has 0 saturated heterocycles. The topological polar surface area (TPSA) is 67.4 Å². The van der Waals surface area contributed by atoms with Gasteiger partial charge in [0.05, 0.1) is 12.2 Å². The first-order valence-corrected chi connectivity index (χ1v) is 9.82. The fraction of sp³-hybridized carbons (Fsp3) is 0.368. The van der Waals surface area contributed by atoms with Crippen LogP contribution in [0.25, 0.3) is 0 Å². The highest BCUT2D eigenvalue weighted by Gasteiger charge is 2.29. The number of thiophene rings is 1. The number of carbonyl (C=O) groups is 2. The molecule has 2 N–H and O–H groups in total. The monoisotopic (exact) mass is 392 g/mol. The third-order valence-corrected chi connectivity index (χ3v) is 5.71. The third-order valence-electron chi connectivity index (χ3n) is 4.30. The Bertz CT molecular complexity index is 834. The first-order valence-electron chi connectivity index (χ1n) is 8.63. The largest absolute Gasteiger partial charge is 0.462 e. The van der Waals surface area contributed by atoms with Crippen molar-refractivity contribution in [2.24, 2.45) is 5.92 Å². The number of anilines is 2. The molecule has 0 unspecified atom stereocenters. The van der Waals surface area contributed by atoms with Crippen LogP contribution >= 0.6 is 22.9 Å². The molecule has 1 heterocycles. The summed E-state index contributed by atoms with van der Waals surface area (Å²) >= 11 is 7.40. The molecule has 1 aliphatic rings. The second-order valence-corrected chi connectivity index (χ2v) is 7.91. The predicted octanol–water partition coefficient (Wildman–Crippen LogP) is 5.35. The first-order chi connectivity index (χ1) is 12.5. The molecule has 0 fully saturated rings. The van der Waals surface area contributed by atoms with E-state index in [2.05, 4.69) is 17.6 Å². The molecule has 5 nitrogen and oxygen atoms in total. The van der Waals surface area contributed by atoms with Crippen LogP contribution in [0.15, 0.2) is 24.3 Å². The van der Waals surface area contributed by atoms with Gasteiger partial charge in [0.25, 0.3) is 0 Å². The minimum atomic E-state index is -0.413. The molecule has 1 atom stereocenters. The zero-order chi connectivity index (χ0) is 18.7. The molecule has 2 aromatic rings. The molecule has 3 rings (SSSR count). The second kappa shape index (κ2) is 8.10. The van der Waals surface area contributed by atoms with Crippen molar-refractivity contribution >= 4 is 45.6 Å². The molecule has 1 aromatic carbocycles. The lowest BCUT2D eigenvalue weighted by atomic mass is 9.88. The molecule has 0 aliphatic heterocycles. The van der Waals surface area contributed by atoms with E-state index in [1.165, 1.54) is 11.3 Å². The summed E-state index contributed by atoms with van der Waals surface area (Å²) in [5, 5.41) is 6.63. The zero-order valence-corrected chi connectivity index (χ0v) is 16.3. The van der Waals surface area contributed by atoms with Crippen molar-refractivity contribution in [3.05, 3.63) is 45.3 Å². The van der Waals surface area contributed by atoms with E-state index < -0.39 is 6.03 Å². The quantitative estimate of drug-likeness (QED) is 0.689. The van der Waals surface area contributed by atoms with E-state index in [1.54, 1.807) is 31.2 Å². The van der Waals surface area contributed by atoms with Crippen molar-refractivity contribution in [2.75, 3.05) is 17.2 Å². The number of ether oxygens (including phenoxy) is 1. The molecular weight excluding hydrogens is 372 g/mol. The van der Waals surface area contributed by atoms with E-state index in [4.69, 9.17) is 16.3 Å². The van der Waals surface area contributed by atoms with E-state index >= 15 is 0 Å². The Morgan fingerprint density at radius 1 is 1.35 bits per heavy atom. The minimum Gasteiger partial charge on any atom is -0.462 e.